The minimum absolute atomic E-state index is 0.0388. The molecular formula is C14H19NO2S. The summed E-state index contributed by atoms with van der Waals surface area (Å²) in [7, 11) is 0. The fraction of sp³-hybridized carbons (Fsp3) is 0.500. The number of carbonyl (C=O) groups excluding carboxylic acids is 1. The first kappa shape index (κ1) is 13.4. The van der Waals surface area contributed by atoms with Gasteiger partial charge in [0.25, 0.3) is 0 Å². The van der Waals surface area contributed by atoms with Crippen LogP contribution >= 0.6 is 12.6 Å². The van der Waals surface area contributed by atoms with Gasteiger partial charge in [-0.1, -0.05) is 12.1 Å². The van der Waals surface area contributed by atoms with E-state index in [9.17, 15) is 4.79 Å². The summed E-state index contributed by atoms with van der Waals surface area (Å²) in [5, 5.41) is 2.86. The van der Waals surface area contributed by atoms with Gasteiger partial charge in [0.05, 0.1) is 13.0 Å². The largest absolute Gasteiger partial charge is 0.379 e. The molecule has 0 spiro atoms. The fourth-order valence-electron chi connectivity index (χ4n) is 1.66. The fourth-order valence-corrected chi connectivity index (χ4v) is 1.81. The summed E-state index contributed by atoms with van der Waals surface area (Å²) in [5.74, 6) is 0.817. The Kier molecular flexibility index (Phi) is 5.08. The summed E-state index contributed by atoms with van der Waals surface area (Å²) in [5.41, 5.74) is 1.00. The van der Waals surface area contributed by atoms with Crippen LogP contribution in [0.1, 0.15) is 18.4 Å². The van der Waals surface area contributed by atoms with Gasteiger partial charge in [-0.05, 0) is 36.5 Å². The first-order valence-electron chi connectivity index (χ1n) is 6.36. The highest BCUT2D eigenvalue weighted by Crippen LogP contribution is 2.28. The van der Waals surface area contributed by atoms with Crippen molar-refractivity contribution in [1.29, 1.82) is 0 Å². The normalized spacial score (nSPS) is 14.5. The zero-order chi connectivity index (χ0) is 12.8. The van der Waals surface area contributed by atoms with E-state index in [1.807, 2.05) is 24.3 Å². The van der Waals surface area contributed by atoms with Crippen molar-refractivity contribution in [2.45, 2.75) is 24.2 Å². The topological polar surface area (TPSA) is 38.3 Å². The molecule has 0 aliphatic heterocycles. The lowest BCUT2D eigenvalue weighted by atomic mass is 10.1. The van der Waals surface area contributed by atoms with E-state index < -0.39 is 0 Å². The lowest BCUT2D eigenvalue weighted by molar-refractivity contribution is -0.120. The zero-order valence-corrected chi connectivity index (χ0v) is 11.3. The smallest absolute Gasteiger partial charge is 0.224 e. The monoisotopic (exact) mass is 265 g/mol. The molecular weight excluding hydrogens is 246 g/mol. The van der Waals surface area contributed by atoms with E-state index >= 15 is 0 Å². The van der Waals surface area contributed by atoms with Gasteiger partial charge in [0.2, 0.25) is 5.91 Å². The SMILES string of the molecule is O=C(Cc1ccc(S)cc1)NCCOCC1CC1. The van der Waals surface area contributed by atoms with Crippen molar-refractivity contribution in [1.82, 2.24) is 5.32 Å². The average Bonchev–Trinajstić information content (AvgIpc) is 3.16. The van der Waals surface area contributed by atoms with Gasteiger partial charge in [-0.25, -0.2) is 0 Å². The summed E-state index contributed by atoms with van der Waals surface area (Å²) in [6.07, 6.45) is 3.01. The lowest BCUT2D eigenvalue weighted by Gasteiger charge is -2.06. The van der Waals surface area contributed by atoms with Crippen molar-refractivity contribution in [3.63, 3.8) is 0 Å². The molecule has 1 aliphatic carbocycles. The van der Waals surface area contributed by atoms with Gasteiger partial charge in [-0.3, -0.25) is 4.79 Å². The molecule has 1 N–H and O–H groups in total. The predicted octanol–water partition coefficient (Wildman–Crippen LogP) is 2.06. The molecule has 4 heteroatoms. The number of rotatable bonds is 7. The molecule has 1 aliphatic rings. The summed E-state index contributed by atoms with van der Waals surface area (Å²) >= 11 is 4.21. The summed E-state index contributed by atoms with van der Waals surface area (Å²) in [6.45, 7) is 2.05. The molecule has 0 saturated heterocycles. The molecule has 0 atom stereocenters. The molecule has 0 aromatic heterocycles. The van der Waals surface area contributed by atoms with Crippen molar-refractivity contribution < 1.29 is 9.53 Å². The molecule has 1 aromatic rings. The van der Waals surface area contributed by atoms with E-state index in [4.69, 9.17) is 4.74 Å². The number of hydrogen-bond donors (Lipinski definition) is 2. The van der Waals surface area contributed by atoms with Crippen LogP contribution in [0, 0.1) is 5.92 Å². The highest BCUT2D eigenvalue weighted by Gasteiger charge is 2.20. The van der Waals surface area contributed by atoms with Crippen LogP contribution < -0.4 is 5.32 Å². The van der Waals surface area contributed by atoms with E-state index in [1.165, 1.54) is 12.8 Å². The Hall–Kier alpha value is -1.00. The van der Waals surface area contributed by atoms with Gasteiger partial charge in [0.15, 0.2) is 0 Å². The van der Waals surface area contributed by atoms with Crippen molar-refractivity contribution in [3.05, 3.63) is 29.8 Å². The van der Waals surface area contributed by atoms with E-state index in [2.05, 4.69) is 17.9 Å². The molecule has 1 aromatic carbocycles. The quantitative estimate of drug-likeness (QED) is 0.585. The van der Waals surface area contributed by atoms with E-state index in [-0.39, 0.29) is 5.91 Å². The molecule has 0 unspecified atom stereocenters. The highest BCUT2D eigenvalue weighted by molar-refractivity contribution is 7.80. The van der Waals surface area contributed by atoms with Crippen LogP contribution in [0.5, 0.6) is 0 Å². The zero-order valence-electron chi connectivity index (χ0n) is 10.4. The Balaban J connectivity index is 1.57. The van der Waals surface area contributed by atoms with Crippen LogP contribution in [0.25, 0.3) is 0 Å². The molecule has 0 heterocycles. The predicted molar refractivity (Wildman–Crippen MR) is 74.0 cm³/mol. The van der Waals surface area contributed by atoms with Crippen LogP contribution in [0.15, 0.2) is 29.2 Å². The van der Waals surface area contributed by atoms with E-state index in [0.29, 0.717) is 19.6 Å². The number of amides is 1. The highest BCUT2D eigenvalue weighted by atomic mass is 32.1. The molecule has 1 amide bonds. The van der Waals surface area contributed by atoms with Crippen molar-refractivity contribution in [2.24, 2.45) is 5.92 Å². The van der Waals surface area contributed by atoms with Crippen LogP contribution in [0.2, 0.25) is 0 Å². The van der Waals surface area contributed by atoms with E-state index in [1.54, 1.807) is 0 Å². The number of hydrogen-bond acceptors (Lipinski definition) is 3. The minimum atomic E-state index is 0.0388. The third kappa shape index (κ3) is 5.10. The van der Waals surface area contributed by atoms with Crippen molar-refractivity contribution in [2.75, 3.05) is 19.8 Å². The van der Waals surface area contributed by atoms with Gasteiger partial charge in [-0.15, -0.1) is 12.6 Å². The standard InChI is InChI=1S/C14H19NO2S/c16-14(9-11-3-5-13(18)6-4-11)15-7-8-17-10-12-1-2-12/h3-6,12,18H,1-2,7-10H2,(H,15,16). The third-order valence-corrected chi connectivity index (χ3v) is 3.22. The Morgan fingerprint density at radius 2 is 2.06 bits per heavy atom. The lowest BCUT2D eigenvalue weighted by Crippen LogP contribution is -2.28. The molecule has 1 fully saturated rings. The number of benzene rings is 1. The molecule has 18 heavy (non-hydrogen) atoms. The van der Waals surface area contributed by atoms with Gasteiger partial charge >= 0.3 is 0 Å². The van der Waals surface area contributed by atoms with Gasteiger partial charge in [-0.2, -0.15) is 0 Å². The van der Waals surface area contributed by atoms with Gasteiger partial charge in [0.1, 0.15) is 0 Å². The second-order valence-corrected chi connectivity index (χ2v) is 5.23. The molecule has 2 rings (SSSR count). The second-order valence-electron chi connectivity index (χ2n) is 4.71. The first-order valence-corrected chi connectivity index (χ1v) is 6.81. The van der Waals surface area contributed by atoms with Crippen LogP contribution in [0.4, 0.5) is 0 Å². The Labute approximate surface area is 113 Å². The maximum atomic E-state index is 11.6. The maximum Gasteiger partial charge on any atom is 0.224 e. The average molecular weight is 265 g/mol. The number of nitrogens with one attached hydrogen (secondary N) is 1. The number of carbonyl (C=O) groups is 1. The molecule has 1 saturated carbocycles. The number of ether oxygens (including phenoxy) is 1. The molecule has 3 nitrogen and oxygen atoms in total. The summed E-state index contributed by atoms with van der Waals surface area (Å²) < 4.78 is 5.45. The Bertz CT molecular complexity index is 387. The minimum Gasteiger partial charge on any atom is -0.379 e. The second kappa shape index (κ2) is 6.81. The first-order chi connectivity index (χ1) is 8.74. The van der Waals surface area contributed by atoms with Gasteiger partial charge < -0.3 is 10.1 Å². The molecule has 0 radical (unpaired) electrons. The Morgan fingerprint density at radius 3 is 2.72 bits per heavy atom. The molecule has 0 bridgehead atoms. The number of thiol groups is 1. The van der Waals surface area contributed by atoms with Crippen LogP contribution in [-0.4, -0.2) is 25.7 Å². The van der Waals surface area contributed by atoms with Crippen molar-refractivity contribution >= 4 is 18.5 Å². The maximum absolute atomic E-state index is 11.6. The summed E-state index contributed by atoms with van der Waals surface area (Å²) in [6, 6.07) is 7.63. The summed E-state index contributed by atoms with van der Waals surface area (Å²) in [4.78, 5) is 12.5. The van der Waals surface area contributed by atoms with Crippen LogP contribution in [-0.2, 0) is 16.0 Å². The molecule has 98 valence electrons. The third-order valence-electron chi connectivity index (χ3n) is 2.92. The van der Waals surface area contributed by atoms with Crippen molar-refractivity contribution in [3.8, 4) is 0 Å². The Morgan fingerprint density at radius 1 is 1.33 bits per heavy atom. The van der Waals surface area contributed by atoms with E-state index in [0.717, 1.165) is 23.0 Å². The van der Waals surface area contributed by atoms with Crippen LogP contribution in [0.3, 0.4) is 0 Å². The van der Waals surface area contributed by atoms with Gasteiger partial charge in [0, 0.05) is 18.0 Å².